The Balaban J connectivity index is 2.12. The fourth-order valence-electron chi connectivity index (χ4n) is 1.74. The molecule has 2 aromatic rings. The maximum absolute atomic E-state index is 13.1. The van der Waals surface area contributed by atoms with Gasteiger partial charge in [-0.15, -0.1) is 0 Å². The molecule has 0 heterocycles. The molecule has 4 nitrogen and oxygen atoms in total. The van der Waals surface area contributed by atoms with Crippen molar-refractivity contribution in [1.29, 1.82) is 0 Å². The van der Waals surface area contributed by atoms with Gasteiger partial charge in [0.2, 0.25) is 0 Å². The maximum atomic E-state index is 13.1. The van der Waals surface area contributed by atoms with Crippen LogP contribution in [0.2, 0.25) is 5.02 Å². The molecule has 0 radical (unpaired) electrons. The van der Waals surface area contributed by atoms with Crippen LogP contribution in [0.4, 0.5) is 15.8 Å². The van der Waals surface area contributed by atoms with Crippen molar-refractivity contribution in [2.75, 3.05) is 17.7 Å². The largest absolute Gasteiger partial charge is 0.465 e. The van der Waals surface area contributed by atoms with Crippen LogP contribution in [0.5, 0.6) is 0 Å². The van der Waals surface area contributed by atoms with Crippen LogP contribution in [0.25, 0.3) is 0 Å². The molecule has 2 N–H and O–H groups in total. The second kappa shape index (κ2) is 7.20. The van der Waals surface area contributed by atoms with Crippen LogP contribution < -0.4 is 10.6 Å². The predicted octanol–water partition coefficient (Wildman–Crippen LogP) is 4.07. The molecule has 2 aromatic carbocycles. The van der Waals surface area contributed by atoms with Crippen molar-refractivity contribution in [2.45, 2.75) is 0 Å². The minimum atomic E-state index is -0.512. The average Bonchev–Trinajstić information content (AvgIpc) is 2.50. The SMILES string of the molecule is COC(=O)c1ccccc1NC(=S)Nc1ccc(F)c(Cl)c1. The molecule has 0 spiro atoms. The molecule has 0 aliphatic heterocycles. The van der Waals surface area contributed by atoms with Crippen molar-refractivity contribution in [3.8, 4) is 0 Å². The molecule has 0 aliphatic rings. The van der Waals surface area contributed by atoms with Gasteiger partial charge < -0.3 is 15.4 Å². The normalized spacial score (nSPS) is 9.95. The van der Waals surface area contributed by atoms with Crippen molar-refractivity contribution in [1.82, 2.24) is 0 Å². The average molecular weight is 339 g/mol. The Morgan fingerprint density at radius 1 is 1.23 bits per heavy atom. The number of hydrogen-bond acceptors (Lipinski definition) is 3. The van der Waals surface area contributed by atoms with Crippen LogP contribution in [0, 0.1) is 5.82 Å². The second-order valence-electron chi connectivity index (χ2n) is 4.25. The molecule has 0 atom stereocenters. The van der Waals surface area contributed by atoms with E-state index in [1.807, 2.05) is 0 Å². The van der Waals surface area contributed by atoms with Crippen molar-refractivity contribution >= 4 is 46.3 Å². The lowest BCUT2D eigenvalue weighted by atomic mass is 10.2. The third-order valence-corrected chi connectivity index (χ3v) is 3.25. The molecule has 0 fully saturated rings. The highest BCUT2D eigenvalue weighted by Crippen LogP contribution is 2.20. The molecule has 22 heavy (non-hydrogen) atoms. The lowest BCUT2D eigenvalue weighted by Gasteiger charge is -2.13. The van der Waals surface area contributed by atoms with Gasteiger partial charge in [-0.1, -0.05) is 23.7 Å². The highest BCUT2D eigenvalue weighted by molar-refractivity contribution is 7.80. The number of rotatable bonds is 3. The van der Waals surface area contributed by atoms with E-state index in [-0.39, 0.29) is 10.1 Å². The number of esters is 1. The quantitative estimate of drug-likeness (QED) is 0.652. The summed E-state index contributed by atoms with van der Waals surface area (Å²) in [7, 11) is 1.30. The first-order valence-electron chi connectivity index (χ1n) is 6.21. The molecular formula is C15H12ClFN2O2S. The van der Waals surface area contributed by atoms with E-state index in [0.717, 1.165) is 0 Å². The zero-order valence-corrected chi connectivity index (χ0v) is 13.1. The van der Waals surface area contributed by atoms with E-state index >= 15 is 0 Å². The third kappa shape index (κ3) is 3.93. The van der Waals surface area contributed by atoms with Crippen molar-refractivity contribution < 1.29 is 13.9 Å². The summed E-state index contributed by atoms with van der Waals surface area (Å²) < 4.78 is 17.8. The first-order chi connectivity index (χ1) is 10.5. The Labute approximate surface area is 137 Å². The number of benzene rings is 2. The summed E-state index contributed by atoms with van der Waals surface area (Å²) in [4.78, 5) is 11.7. The number of hydrogen-bond donors (Lipinski definition) is 2. The van der Waals surface area contributed by atoms with E-state index in [1.165, 1.54) is 25.3 Å². The molecule has 0 aromatic heterocycles. The fourth-order valence-corrected chi connectivity index (χ4v) is 2.15. The Bertz CT molecular complexity index is 724. The number of halogens is 2. The van der Waals surface area contributed by atoms with Gasteiger partial charge in [0, 0.05) is 5.69 Å². The monoisotopic (exact) mass is 338 g/mol. The van der Waals surface area contributed by atoms with Crippen LogP contribution in [0.15, 0.2) is 42.5 Å². The zero-order chi connectivity index (χ0) is 16.1. The van der Waals surface area contributed by atoms with Gasteiger partial charge in [0.25, 0.3) is 0 Å². The molecular weight excluding hydrogens is 327 g/mol. The first kappa shape index (κ1) is 16.2. The van der Waals surface area contributed by atoms with Crippen molar-refractivity contribution in [2.24, 2.45) is 0 Å². The number of ether oxygens (including phenoxy) is 1. The van der Waals surface area contributed by atoms with Gasteiger partial charge in [-0.3, -0.25) is 0 Å². The van der Waals surface area contributed by atoms with Gasteiger partial charge in [0.05, 0.1) is 23.4 Å². The minimum Gasteiger partial charge on any atom is -0.465 e. The van der Waals surface area contributed by atoms with Gasteiger partial charge in [-0.05, 0) is 42.5 Å². The van der Waals surface area contributed by atoms with Crippen LogP contribution >= 0.6 is 23.8 Å². The predicted molar refractivity (Wildman–Crippen MR) is 89.0 cm³/mol. The number of carbonyl (C=O) groups excluding carboxylic acids is 1. The summed E-state index contributed by atoms with van der Waals surface area (Å²) in [5.41, 5.74) is 1.38. The smallest absolute Gasteiger partial charge is 0.339 e. The maximum Gasteiger partial charge on any atom is 0.339 e. The third-order valence-electron chi connectivity index (χ3n) is 2.76. The zero-order valence-electron chi connectivity index (χ0n) is 11.5. The summed E-state index contributed by atoms with van der Waals surface area (Å²) >= 11 is 10.9. The second-order valence-corrected chi connectivity index (χ2v) is 5.06. The number of methoxy groups -OCH3 is 1. The number of carbonyl (C=O) groups is 1. The Morgan fingerprint density at radius 2 is 1.95 bits per heavy atom. The van der Waals surface area contributed by atoms with Gasteiger partial charge in [0.15, 0.2) is 5.11 Å². The highest BCUT2D eigenvalue weighted by atomic mass is 35.5. The first-order valence-corrected chi connectivity index (χ1v) is 7.00. The van der Waals surface area contributed by atoms with E-state index in [0.29, 0.717) is 16.9 Å². The lowest BCUT2D eigenvalue weighted by Crippen LogP contribution is -2.21. The van der Waals surface area contributed by atoms with Crippen LogP contribution in [-0.4, -0.2) is 18.2 Å². The van der Waals surface area contributed by atoms with E-state index in [9.17, 15) is 9.18 Å². The number of nitrogens with one attached hydrogen (secondary N) is 2. The van der Waals surface area contributed by atoms with E-state index in [2.05, 4.69) is 10.6 Å². The lowest BCUT2D eigenvalue weighted by molar-refractivity contribution is 0.0602. The topological polar surface area (TPSA) is 50.4 Å². The van der Waals surface area contributed by atoms with Crippen LogP contribution in [0.1, 0.15) is 10.4 Å². The van der Waals surface area contributed by atoms with Gasteiger partial charge in [0.1, 0.15) is 5.82 Å². The Kier molecular flexibility index (Phi) is 5.30. The van der Waals surface area contributed by atoms with Crippen LogP contribution in [-0.2, 0) is 4.74 Å². The molecule has 0 bridgehead atoms. The standard InChI is InChI=1S/C15H12ClFN2O2S/c1-21-14(20)10-4-2-3-5-13(10)19-15(22)18-9-6-7-12(17)11(16)8-9/h2-8H,1H3,(H2,18,19,22). The molecule has 0 saturated carbocycles. The van der Waals surface area contributed by atoms with Gasteiger partial charge in [-0.25, -0.2) is 9.18 Å². The Morgan fingerprint density at radius 3 is 2.64 bits per heavy atom. The highest BCUT2D eigenvalue weighted by Gasteiger charge is 2.12. The molecule has 7 heteroatoms. The number of anilines is 2. The van der Waals surface area contributed by atoms with E-state index in [4.69, 9.17) is 28.6 Å². The molecule has 0 saturated heterocycles. The molecule has 0 aliphatic carbocycles. The fraction of sp³-hybridized carbons (Fsp3) is 0.0667. The minimum absolute atomic E-state index is 0.0113. The Hall–Kier alpha value is -2.18. The van der Waals surface area contributed by atoms with Crippen molar-refractivity contribution in [3.63, 3.8) is 0 Å². The van der Waals surface area contributed by atoms with E-state index < -0.39 is 11.8 Å². The molecule has 2 rings (SSSR count). The summed E-state index contributed by atoms with van der Waals surface area (Å²) in [5, 5.41) is 5.97. The number of para-hydroxylation sites is 1. The van der Waals surface area contributed by atoms with Crippen LogP contribution in [0.3, 0.4) is 0 Å². The van der Waals surface area contributed by atoms with Crippen molar-refractivity contribution in [3.05, 3.63) is 58.9 Å². The molecule has 0 amide bonds. The summed E-state index contributed by atoms with van der Waals surface area (Å²) in [5.74, 6) is -0.988. The van der Waals surface area contributed by atoms with Gasteiger partial charge in [-0.2, -0.15) is 0 Å². The summed E-state index contributed by atoms with van der Waals surface area (Å²) in [6.07, 6.45) is 0. The summed E-state index contributed by atoms with van der Waals surface area (Å²) in [6, 6.07) is 10.9. The molecule has 0 unspecified atom stereocenters. The molecule has 114 valence electrons. The number of thiocarbonyl (C=S) groups is 1. The van der Waals surface area contributed by atoms with E-state index in [1.54, 1.807) is 24.3 Å². The summed E-state index contributed by atoms with van der Waals surface area (Å²) in [6.45, 7) is 0. The van der Waals surface area contributed by atoms with Gasteiger partial charge >= 0.3 is 5.97 Å².